The lowest BCUT2D eigenvalue weighted by Gasteiger charge is -2.23. The van der Waals surface area contributed by atoms with Crippen LogP contribution >= 0.6 is 0 Å². The lowest BCUT2D eigenvalue weighted by Crippen LogP contribution is -2.15. The van der Waals surface area contributed by atoms with E-state index in [-0.39, 0.29) is 5.41 Å². The van der Waals surface area contributed by atoms with E-state index >= 15 is 0 Å². The lowest BCUT2D eigenvalue weighted by atomic mass is 9.79. The van der Waals surface area contributed by atoms with Gasteiger partial charge in [0.1, 0.15) is 0 Å². The van der Waals surface area contributed by atoms with E-state index in [9.17, 15) is 0 Å². The lowest BCUT2D eigenvalue weighted by molar-refractivity contribution is 0.667. The van der Waals surface area contributed by atoms with Crippen molar-refractivity contribution < 1.29 is 0 Å². The van der Waals surface area contributed by atoms with Crippen molar-refractivity contribution in [2.75, 3.05) is 0 Å². The fourth-order valence-electron chi connectivity index (χ4n) is 5.19. The van der Waals surface area contributed by atoms with E-state index in [2.05, 4.69) is 113 Å². The molecule has 0 fully saturated rings. The molecule has 6 rings (SSSR count). The number of rotatable bonds is 0. The maximum Gasteiger partial charge on any atom is 0.0165 e. The van der Waals surface area contributed by atoms with Gasteiger partial charge in [0.25, 0.3) is 0 Å². The molecule has 0 N–H and O–H groups in total. The highest BCUT2D eigenvalue weighted by molar-refractivity contribution is 6.13. The minimum atomic E-state index is -0.00331. The van der Waals surface area contributed by atoms with Gasteiger partial charge in [0.2, 0.25) is 0 Å². The second kappa shape index (κ2) is 13.3. The monoisotopic (exact) mass is 478 g/mol. The molecule has 5 aromatic carbocycles. The van der Waals surface area contributed by atoms with Crippen molar-refractivity contribution in [1.82, 2.24) is 0 Å². The molecule has 0 amide bonds. The zero-order valence-corrected chi connectivity index (χ0v) is 24.3. The van der Waals surface area contributed by atoms with Crippen LogP contribution in [-0.4, -0.2) is 0 Å². The molecule has 5 aromatic rings. The largest absolute Gasteiger partial charge is 0.0683 e. The average molecular weight is 479 g/mol. The first kappa shape index (κ1) is 29.1. The molecule has 190 valence electrons. The van der Waals surface area contributed by atoms with Gasteiger partial charge in [0.15, 0.2) is 0 Å². The van der Waals surface area contributed by atoms with E-state index < -0.39 is 0 Å². The Hall–Kier alpha value is -3.12. The molecule has 0 saturated heterocycles. The number of benzene rings is 5. The third-order valence-corrected chi connectivity index (χ3v) is 6.42. The summed E-state index contributed by atoms with van der Waals surface area (Å²) in [5.41, 5.74) is 5.73. The maximum atomic E-state index is 2.38. The Morgan fingerprint density at radius 1 is 0.500 bits per heavy atom. The van der Waals surface area contributed by atoms with E-state index in [1.54, 1.807) is 0 Å². The van der Waals surface area contributed by atoms with Crippen molar-refractivity contribution in [2.24, 2.45) is 0 Å². The van der Waals surface area contributed by atoms with Crippen LogP contribution in [-0.2, 0) is 5.41 Å². The van der Waals surface area contributed by atoms with Crippen LogP contribution < -0.4 is 0 Å². The van der Waals surface area contributed by atoms with Gasteiger partial charge in [-0.1, -0.05) is 161 Å². The van der Waals surface area contributed by atoms with E-state index in [0.717, 1.165) is 0 Å². The molecule has 36 heavy (non-hydrogen) atoms. The van der Waals surface area contributed by atoms with Crippen LogP contribution in [0, 0.1) is 0 Å². The smallest absolute Gasteiger partial charge is 0.0165 e. The van der Waals surface area contributed by atoms with Crippen molar-refractivity contribution in [1.29, 1.82) is 0 Å². The van der Waals surface area contributed by atoms with Crippen LogP contribution in [0.5, 0.6) is 0 Å². The highest BCUT2D eigenvalue weighted by Gasteiger charge is 2.37. The molecule has 0 atom stereocenters. The highest BCUT2D eigenvalue weighted by atomic mass is 14.4. The van der Waals surface area contributed by atoms with Crippen LogP contribution in [0.25, 0.3) is 43.4 Å². The van der Waals surface area contributed by atoms with E-state index in [1.807, 2.05) is 41.5 Å². The Labute approximate surface area is 220 Å². The van der Waals surface area contributed by atoms with Gasteiger partial charge in [0.05, 0.1) is 0 Å². The molecule has 0 bridgehead atoms. The molecule has 0 heterocycles. The summed E-state index contributed by atoms with van der Waals surface area (Å²) in [5.74, 6) is 0. The fraction of sp³-hybridized carbons (Fsp3) is 0.333. The minimum absolute atomic E-state index is 0.00331. The zero-order chi connectivity index (χ0) is 26.9. The third-order valence-electron chi connectivity index (χ3n) is 6.42. The predicted octanol–water partition coefficient (Wildman–Crippen LogP) is 11.9. The van der Waals surface area contributed by atoms with Crippen LogP contribution in [0.1, 0.15) is 86.8 Å². The summed E-state index contributed by atoms with van der Waals surface area (Å²) in [6, 6.07) is 31.4. The molecular formula is C36H46. The van der Waals surface area contributed by atoms with E-state index in [4.69, 9.17) is 0 Å². The van der Waals surface area contributed by atoms with Crippen molar-refractivity contribution in [3.05, 3.63) is 96.1 Å². The topological polar surface area (TPSA) is 0 Å². The van der Waals surface area contributed by atoms with Crippen molar-refractivity contribution in [2.45, 2.75) is 81.1 Å². The quantitative estimate of drug-likeness (QED) is 0.194. The summed E-state index contributed by atoms with van der Waals surface area (Å²) in [7, 11) is 0. The first-order chi connectivity index (χ1) is 17.6. The molecule has 0 unspecified atom stereocenters. The van der Waals surface area contributed by atoms with Gasteiger partial charge in [-0.15, -0.1) is 0 Å². The van der Waals surface area contributed by atoms with Gasteiger partial charge < -0.3 is 0 Å². The molecule has 0 aliphatic heterocycles. The average Bonchev–Trinajstić information content (AvgIpc) is 3.19. The molecule has 0 saturated carbocycles. The Morgan fingerprint density at radius 2 is 0.972 bits per heavy atom. The third kappa shape index (κ3) is 5.05. The number of fused-ring (bicyclic) bond motifs is 9. The first-order valence-corrected chi connectivity index (χ1v) is 14.1. The molecular weight excluding hydrogens is 432 g/mol. The Kier molecular flexibility index (Phi) is 10.7. The summed E-state index contributed by atoms with van der Waals surface area (Å²) in [6.45, 7) is 21.0. The van der Waals surface area contributed by atoms with Gasteiger partial charge >= 0.3 is 0 Å². The van der Waals surface area contributed by atoms with Gasteiger partial charge in [-0.3, -0.25) is 0 Å². The molecule has 0 aromatic heterocycles. The van der Waals surface area contributed by atoms with Gasteiger partial charge in [-0.05, 0) is 54.6 Å². The summed E-state index contributed by atoms with van der Waals surface area (Å²) in [5, 5.41) is 8.08. The van der Waals surface area contributed by atoms with E-state index in [1.165, 1.54) is 61.0 Å². The molecule has 0 heteroatoms. The van der Waals surface area contributed by atoms with Gasteiger partial charge in [0, 0.05) is 5.41 Å². The minimum Gasteiger partial charge on any atom is -0.0683 e. The van der Waals surface area contributed by atoms with Crippen LogP contribution in [0.4, 0.5) is 0 Å². The number of hydrogen-bond donors (Lipinski definition) is 0. The predicted molar refractivity (Wildman–Crippen MR) is 167 cm³/mol. The van der Waals surface area contributed by atoms with Crippen LogP contribution in [0.15, 0.2) is 84.9 Å². The normalized spacial score (nSPS) is 11.9. The highest BCUT2D eigenvalue weighted by Crippen LogP contribution is 2.53. The SMILES string of the molecule is CC.CC.CC.CC1(C)c2ccc3ccccc3c2-c2ccc3c(ccc4ccccc43)c21.CCC. The Bertz CT molecular complexity index is 1400. The standard InChI is InChI=1S/C27H20.C3H8.3C2H6/c1-27(2)24-16-12-18-8-4-6-10-20(18)25(24)23-15-14-21-19-9-5-3-7-17(19)11-13-22(21)26(23)27;1-3-2;3*1-2/h3-16H,1-2H3;3H2,1-2H3;3*1-2H3. The molecule has 0 spiro atoms. The van der Waals surface area contributed by atoms with Gasteiger partial charge in [-0.2, -0.15) is 0 Å². The maximum absolute atomic E-state index is 2.38. The van der Waals surface area contributed by atoms with Crippen LogP contribution in [0.2, 0.25) is 0 Å². The zero-order valence-electron chi connectivity index (χ0n) is 24.3. The summed E-state index contributed by atoms with van der Waals surface area (Å²) in [6.07, 6.45) is 1.25. The summed E-state index contributed by atoms with van der Waals surface area (Å²) in [4.78, 5) is 0. The second-order valence-corrected chi connectivity index (χ2v) is 8.91. The molecule has 0 radical (unpaired) electrons. The number of hydrogen-bond acceptors (Lipinski definition) is 0. The molecule has 0 nitrogen and oxygen atoms in total. The van der Waals surface area contributed by atoms with Crippen molar-refractivity contribution >= 4 is 32.3 Å². The molecule has 1 aliphatic rings. The van der Waals surface area contributed by atoms with Gasteiger partial charge in [-0.25, -0.2) is 0 Å². The summed E-state index contributed by atoms with van der Waals surface area (Å²) >= 11 is 0. The molecule has 1 aliphatic carbocycles. The summed E-state index contributed by atoms with van der Waals surface area (Å²) < 4.78 is 0. The van der Waals surface area contributed by atoms with Crippen LogP contribution in [0.3, 0.4) is 0 Å². The van der Waals surface area contributed by atoms with Crippen molar-refractivity contribution in [3.63, 3.8) is 0 Å². The fourth-order valence-corrected chi connectivity index (χ4v) is 5.19. The first-order valence-electron chi connectivity index (χ1n) is 14.1. The van der Waals surface area contributed by atoms with E-state index in [0.29, 0.717) is 0 Å². The second-order valence-electron chi connectivity index (χ2n) is 8.91. The van der Waals surface area contributed by atoms with Crippen molar-refractivity contribution in [3.8, 4) is 11.1 Å². The Balaban J connectivity index is 0.000000457. The Morgan fingerprint density at radius 3 is 1.58 bits per heavy atom.